The van der Waals surface area contributed by atoms with Crippen LogP contribution in [-0.4, -0.2) is 24.0 Å². The van der Waals surface area contributed by atoms with Crippen molar-refractivity contribution in [1.82, 2.24) is 4.90 Å². The van der Waals surface area contributed by atoms with Gasteiger partial charge in [0.1, 0.15) is 0 Å². The third kappa shape index (κ3) is 6.75. The number of rotatable bonds is 8. The van der Waals surface area contributed by atoms with Gasteiger partial charge < -0.3 is 10.6 Å². The molecule has 14 heavy (non-hydrogen) atoms. The molecule has 0 unspecified atom stereocenters. The molecule has 0 aliphatic carbocycles. The highest BCUT2D eigenvalue weighted by molar-refractivity contribution is 5.71. The van der Waals surface area contributed by atoms with Crippen molar-refractivity contribution in [1.29, 1.82) is 0 Å². The van der Waals surface area contributed by atoms with E-state index in [9.17, 15) is 4.79 Å². The SMILES string of the molecule is CCCCCCCCN(CC)C(N)=O. The van der Waals surface area contributed by atoms with Crippen molar-refractivity contribution in [3.05, 3.63) is 0 Å². The fourth-order valence-corrected chi connectivity index (χ4v) is 1.51. The van der Waals surface area contributed by atoms with Crippen molar-refractivity contribution in [2.24, 2.45) is 5.73 Å². The number of primary amides is 1. The van der Waals surface area contributed by atoms with Crippen molar-refractivity contribution < 1.29 is 4.79 Å². The molecule has 0 aliphatic heterocycles. The minimum absolute atomic E-state index is 0.291. The molecule has 0 aromatic heterocycles. The van der Waals surface area contributed by atoms with Crippen molar-refractivity contribution in [3.63, 3.8) is 0 Å². The van der Waals surface area contributed by atoms with Crippen LogP contribution in [0.4, 0.5) is 4.79 Å². The Balaban J connectivity index is 3.29. The maximum absolute atomic E-state index is 10.8. The van der Waals surface area contributed by atoms with Gasteiger partial charge in [-0.1, -0.05) is 39.0 Å². The number of hydrogen-bond donors (Lipinski definition) is 1. The first-order valence-electron chi connectivity index (χ1n) is 5.76. The second kappa shape index (κ2) is 8.85. The predicted octanol–water partition coefficient (Wildman–Crippen LogP) is 2.75. The van der Waals surface area contributed by atoms with E-state index < -0.39 is 0 Å². The molecule has 0 fully saturated rings. The van der Waals surface area contributed by atoms with Gasteiger partial charge in [-0.25, -0.2) is 4.79 Å². The lowest BCUT2D eigenvalue weighted by atomic mass is 10.1. The van der Waals surface area contributed by atoms with E-state index in [2.05, 4.69) is 6.92 Å². The first-order chi connectivity index (χ1) is 6.72. The second-order valence-electron chi connectivity index (χ2n) is 3.69. The highest BCUT2D eigenvalue weighted by atomic mass is 16.2. The number of amides is 2. The topological polar surface area (TPSA) is 46.3 Å². The fourth-order valence-electron chi connectivity index (χ4n) is 1.51. The molecule has 0 spiro atoms. The summed E-state index contributed by atoms with van der Waals surface area (Å²) in [6.07, 6.45) is 7.50. The summed E-state index contributed by atoms with van der Waals surface area (Å²) < 4.78 is 0. The van der Waals surface area contributed by atoms with E-state index >= 15 is 0 Å². The Morgan fingerprint density at radius 3 is 2.14 bits per heavy atom. The van der Waals surface area contributed by atoms with E-state index in [1.54, 1.807) is 4.90 Å². The van der Waals surface area contributed by atoms with Crippen LogP contribution in [0.15, 0.2) is 0 Å². The normalized spacial score (nSPS) is 10.1. The van der Waals surface area contributed by atoms with E-state index in [4.69, 9.17) is 5.73 Å². The zero-order valence-corrected chi connectivity index (χ0v) is 9.59. The van der Waals surface area contributed by atoms with Gasteiger partial charge in [-0.2, -0.15) is 0 Å². The number of nitrogens with two attached hydrogens (primary N) is 1. The molecule has 0 bridgehead atoms. The monoisotopic (exact) mass is 200 g/mol. The molecule has 0 atom stereocenters. The molecule has 3 nitrogen and oxygen atoms in total. The Kier molecular flexibility index (Phi) is 8.39. The number of nitrogens with zero attached hydrogens (tertiary/aromatic N) is 1. The van der Waals surface area contributed by atoms with Crippen molar-refractivity contribution in [2.45, 2.75) is 52.4 Å². The Morgan fingerprint density at radius 1 is 1.07 bits per heavy atom. The summed E-state index contributed by atoms with van der Waals surface area (Å²) in [5.74, 6) is 0. The number of carbonyl (C=O) groups is 1. The molecule has 0 aliphatic rings. The largest absolute Gasteiger partial charge is 0.351 e. The van der Waals surface area contributed by atoms with Crippen LogP contribution >= 0.6 is 0 Å². The molecule has 0 rings (SSSR count). The zero-order valence-electron chi connectivity index (χ0n) is 9.59. The lowest BCUT2D eigenvalue weighted by Gasteiger charge is -2.17. The van der Waals surface area contributed by atoms with Gasteiger partial charge in [0, 0.05) is 13.1 Å². The molecular weight excluding hydrogens is 176 g/mol. The molecule has 2 N–H and O–H groups in total. The molecule has 0 heterocycles. The first-order valence-corrected chi connectivity index (χ1v) is 5.76. The van der Waals surface area contributed by atoms with Gasteiger partial charge in [-0.15, -0.1) is 0 Å². The summed E-state index contributed by atoms with van der Waals surface area (Å²) in [7, 11) is 0. The number of unbranched alkanes of at least 4 members (excludes halogenated alkanes) is 5. The molecule has 0 aromatic carbocycles. The van der Waals surface area contributed by atoms with Crippen molar-refractivity contribution in [3.8, 4) is 0 Å². The summed E-state index contributed by atoms with van der Waals surface area (Å²) in [5.41, 5.74) is 5.20. The standard InChI is InChI=1S/C11H24N2O/c1-3-5-6-7-8-9-10-13(4-2)11(12)14/h3-10H2,1-2H3,(H2,12,14). The second-order valence-corrected chi connectivity index (χ2v) is 3.69. The summed E-state index contributed by atoms with van der Waals surface area (Å²) in [5, 5.41) is 0. The molecular formula is C11H24N2O. The van der Waals surface area contributed by atoms with Gasteiger partial charge in [-0.05, 0) is 13.3 Å². The Morgan fingerprint density at radius 2 is 1.64 bits per heavy atom. The van der Waals surface area contributed by atoms with Crippen LogP contribution in [0.25, 0.3) is 0 Å². The smallest absolute Gasteiger partial charge is 0.314 e. The number of hydrogen-bond acceptors (Lipinski definition) is 1. The molecule has 0 saturated heterocycles. The average molecular weight is 200 g/mol. The maximum Gasteiger partial charge on any atom is 0.314 e. The summed E-state index contributed by atoms with van der Waals surface area (Å²) >= 11 is 0. The van der Waals surface area contributed by atoms with E-state index in [0.717, 1.165) is 19.5 Å². The third-order valence-corrected chi connectivity index (χ3v) is 2.47. The van der Waals surface area contributed by atoms with Crippen molar-refractivity contribution >= 4 is 6.03 Å². The summed E-state index contributed by atoms with van der Waals surface area (Å²) in [4.78, 5) is 12.5. The van der Waals surface area contributed by atoms with E-state index in [0.29, 0.717) is 0 Å². The van der Waals surface area contributed by atoms with Crippen molar-refractivity contribution in [2.75, 3.05) is 13.1 Å². The number of urea groups is 1. The van der Waals surface area contributed by atoms with Gasteiger partial charge in [0.05, 0.1) is 0 Å². The lowest BCUT2D eigenvalue weighted by molar-refractivity contribution is 0.209. The van der Waals surface area contributed by atoms with Gasteiger partial charge in [-0.3, -0.25) is 0 Å². The van der Waals surface area contributed by atoms with E-state index in [1.165, 1.54) is 32.1 Å². The zero-order chi connectivity index (χ0) is 10.8. The van der Waals surface area contributed by atoms with Crippen LogP contribution in [0.2, 0.25) is 0 Å². The van der Waals surface area contributed by atoms with Gasteiger partial charge in [0.2, 0.25) is 0 Å². The van der Waals surface area contributed by atoms with Crippen LogP contribution < -0.4 is 5.73 Å². The first kappa shape index (κ1) is 13.3. The molecule has 0 saturated carbocycles. The minimum atomic E-state index is -0.291. The van der Waals surface area contributed by atoms with Gasteiger partial charge >= 0.3 is 6.03 Å². The Labute approximate surface area is 87.6 Å². The number of carbonyl (C=O) groups excluding carboxylic acids is 1. The third-order valence-electron chi connectivity index (χ3n) is 2.47. The minimum Gasteiger partial charge on any atom is -0.351 e. The van der Waals surface area contributed by atoms with Crippen LogP contribution in [0.1, 0.15) is 52.4 Å². The quantitative estimate of drug-likeness (QED) is 0.602. The predicted molar refractivity (Wildman–Crippen MR) is 60.2 cm³/mol. The highest BCUT2D eigenvalue weighted by Crippen LogP contribution is 2.05. The van der Waals surface area contributed by atoms with Gasteiger partial charge in [0.15, 0.2) is 0 Å². The lowest BCUT2D eigenvalue weighted by Crippen LogP contribution is -2.36. The highest BCUT2D eigenvalue weighted by Gasteiger charge is 2.04. The molecule has 2 amide bonds. The van der Waals surface area contributed by atoms with Crippen LogP contribution in [0, 0.1) is 0 Å². The Bertz CT molecular complexity index is 148. The molecule has 84 valence electrons. The average Bonchev–Trinajstić information content (AvgIpc) is 2.16. The van der Waals surface area contributed by atoms with E-state index in [1.807, 2.05) is 6.92 Å². The fraction of sp³-hybridized carbons (Fsp3) is 0.909. The summed E-state index contributed by atoms with van der Waals surface area (Å²) in [6.45, 7) is 5.72. The summed E-state index contributed by atoms with van der Waals surface area (Å²) in [6, 6.07) is -0.291. The van der Waals surface area contributed by atoms with Crippen LogP contribution in [0.5, 0.6) is 0 Å². The molecule has 0 aromatic rings. The van der Waals surface area contributed by atoms with Crippen LogP contribution in [-0.2, 0) is 0 Å². The molecule has 3 heteroatoms. The maximum atomic E-state index is 10.8. The Hall–Kier alpha value is -0.730. The van der Waals surface area contributed by atoms with Gasteiger partial charge in [0.25, 0.3) is 0 Å². The van der Waals surface area contributed by atoms with E-state index in [-0.39, 0.29) is 6.03 Å². The molecule has 0 radical (unpaired) electrons. The van der Waals surface area contributed by atoms with Crippen LogP contribution in [0.3, 0.4) is 0 Å².